The summed E-state index contributed by atoms with van der Waals surface area (Å²) >= 11 is 1.52. The van der Waals surface area contributed by atoms with Crippen molar-refractivity contribution in [3.05, 3.63) is 56.9 Å². The van der Waals surface area contributed by atoms with Crippen molar-refractivity contribution in [2.75, 3.05) is 0 Å². The SMILES string of the molecule is CC(=Nc1nc(C)c(C)s1)c1cc2ccccc2oc1=O. The molecule has 4 nitrogen and oxygen atoms in total. The summed E-state index contributed by atoms with van der Waals surface area (Å²) in [6.45, 7) is 5.75. The lowest BCUT2D eigenvalue weighted by atomic mass is 10.1. The van der Waals surface area contributed by atoms with E-state index < -0.39 is 0 Å². The van der Waals surface area contributed by atoms with Crippen molar-refractivity contribution < 1.29 is 4.42 Å². The molecule has 0 atom stereocenters. The number of aryl methyl sites for hydroxylation is 2. The fourth-order valence-corrected chi connectivity index (χ4v) is 2.85. The third-order valence-electron chi connectivity index (χ3n) is 3.31. The molecule has 106 valence electrons. The number of para-hydroxylation sites is 1. The van der Waals surface area contributed by atoms with E-state index in [1.807, 2.05) is 38.1 Å². The Kier molecular flexibility index (Phi) is 3.43. The maximum atomic E-state index is 12.1. The standard InChI is InChI=1S/C16H14N2O2S/c1-9-11(3)21-16(17-9)18-10(2)13-8-12-6-4-5-7-14(12)20-15(13)19/h4-8H,1-3H3. The zero-order valence-electron chi connectivity index (χ0n) is 12.0. The van der Waals surface area contributed by atoms with Gasteiger partial charge in [-0.1, -0.05) is 29.5 Å². The van der Waals surface area contributed by atoms with Crippen molar-refractivity contribution in [1.29, 1.82) is 0 Å². The summed E-state index contributed by atoms with van der Waals surface area (Å²) in [7, 11) is 0. The van der Waals surface area contributed by atoms with Gasteiger partial charge in [-0.3, -0.25) is 0 Å². The molecule has 0 spiro atoms. The molecule has 0 aliphatic rings. The highest BCUT2D eigenvalue weighted by Gasteiger charge is 2.09. The molecule has 1 aromatic carbocycles. The van der Waals surface area contributed by atoms with Crippen LogP contribution in [0.5, 0.6) is 0 Å². The van der Waals surface area contributed by atoms with Crippen LogP contribution in [0.4, 0.5) is 5.13 Å². The number of thiazole rings is 1. The van der Waals surface area contributed by atoms with E-state index in [0.717, 1.165) is 16.0 Å². The van der Waals surface area contributed by atoms with Gasteiger partial charge in [0.15, 0.2) is 0 Å². The highest BCUT2D eigenvalue weighted by molar-refractivity contribution is 7.15. The average molecular weight is 298 g/mol. The molecule has 0 bridgehead atoms. The minimum atomic E-state index is -0.375. The Morgan fingerprint density at radius 2 is 2.05 bits per heavy atom. The normalized spacial score (nSPS) is 12.0. The molecule has 0 aliphatic heterocycles. The number of hydrogen-bond donors (Lipinski definition) is 0. The van der Waals surface area contributed by atoms with Crippen LogP contribution in [0.3, 0.4) is 0 Å². The van der Waals surface area contributed by atoms with Gasteiger partial charge in [0.1, 0.15) is 5.58 Å². The largest absolute Gasteiger partial charge is 0.422 e. The Morgan fingerprint density at radius 3 is 2.76 bits per heavy atom. The smallest absolute Gasteiger partial charge is 0.345 e. The number of aromatic nitrogens is 1. The number of hydrogen-bond acceptors (Lipinski definition) is 5. The van der Waals surface area contributed by atoms with Gasteiger partial charge in [-0.2, -0.15) is 0 Å². The first-order chi connectivity index (χ1) is 10.0. The molecule has 2 heterocycles. The molecule has 3 aromatic rings. The third kappa shape index (κ3) is 2.64. The topological polar surface area (TPSA) is 55.5 Å². The van der Waals surface area contributed by atoms with Crippen LogP contribution in [0, 0.1) is 13.8 Å². The van der Waals surface area contributed by atoms with Crippen LogP contribution in [0.25, 0.3) is 11.0 Å². The van der Waals surface area contributed by atoms with E-state index in [1.165, 1.54) is 11.3 Å². The van der Waals surface area contributed by atoms with Crippen LogP contribution in [-0.4, -0.2) is 10.7 Å². The van der Waals surface area contributed by atoms with Gasteiger partial charge in [-0.15, -0.1) is 0 Å². The minimum absolute atomic E-state index is 0.375. The van der Waals surface area contributed by atoms with E-state index in [2.05, 4.69) is 9.98 Å². The van der Waals surface area contributed by atoms with Gasteiger partial charge >= 0.3 is 5.63 Å². The molecule has 0 radical (unpaired) electrons. The second-order valence-corrected chi connectivity index (χ2v) is 6.00. The van der Waals surface area contributed by atoms with E-state index in [1.54, 1.807) is 13.0 Å². The summed E-state index contributed by atoms with van der Waals surface area (Å²) in [6, 6.07) is 9.25. The average Bonchev–Trinajstić information content (AvgIpc) is 2.76. The lowest BCUT2D eigenvalue weighted by Gasteiger charge is -2.01. The molecule has 0 amide bonds. The van der Waals surface area contributed by atoms with Crippen LogP contribution in [0.1, 0.15) is 23.1 Å². The van der Waals surface area contributed by atoms with Crippen molar-refractivity contribution >= 4 is 33.1 Å². The molecule has 21 heavy (non-hydrogen) atoms. The first-order valence-corrected chi connectivity index (χ1v) is 7.39. The predicted molar refractivity (Wildman–Crippen MR) is 85.9 cm³/mol. The number of rotatable bonds is 2. The Hall–Kier alpha value is -2.27. The summed E-state index contributed by atoms with van der Waals surface area (Å²) in [5, 5.41) is 1.54. The quantitative estimate of drug-likeness (QED) is 0.530. The highest BCUT2D eigenvalue weighted by atomic mass is 32.1. The fourth-order valence-electron chi connectivity index (χ4n) is 2.02. The van der Waals surface area contributed by atoms with Crippen LogP contribution >= 0.6 is 11.3 Å². The van der Waals surface area contributed by atoms with Crippen LogP contribution in [0.2, 0.25) is 0 Å². The van der Waals surface area contributed by atoms with Gasteiger partial charge < -0.3 is 4.42 Å². The molecule has 3 rings (SSSR count). The third-order valence-corrected chi connectivity index (χ3v) is 4.28. The van der Waals surface area contributed by atoms with E-state index in [9.17, 15) is 4.79 Å². The zero-order valence-corrected chi connectivity index (χ0v) is 12.8. The zero-order chi connectivity index (χ0) is 15.0. The van der Waals surface area contributed by atoms with Gasteiger partial charge in [-0.25, -0.2) is 14.8 Å². The summed E-state index contributed by atoms with van der Waals surface area (Å²) in [4.78, 5) is 22.0. The second-order valence-electron chi connectivity index (χ2n) is 4.82. The summed E-state index contributed by atoms with van der Waals surface area (Å²) in [5.74, 6) is 0. The number of aliphatic imine (C=N–C) groups is 1. The van der Waals surface area contributed by atoms with Gasteiger partial charge in [-0.05, 0) is 32.9 Å². The molecular weight excluding hydrogens is 284 g/mol. The number of fused-ring (bicyclic) bond motifs is 1. The van der Waals surface area contributed by atoms with E-state index in [-0.39, 0.29) is 5.63 Å². The Balaban J connectivity index is 2.10. The molecule has 0 saturated heterocycles. The van der Waals surface area contributed by atoms with Gasteiger partial charge in [0.25, 0.3) is 0 Å². The molecule has 0 N–H and O–H groups in total. The second kappa shape index (κ2) is 5.26. The van der Waals surface area contributed by atoms with Crippen molar-refractivity contribution in [2.24, 2.45) is 4.99 Å². The molecule has 0 saturated carbocycles. The Bertz CT molecular complexity index is 887. The Morgan fingerprint density at radius 1 is 1.29 bits per heavy atom. The molecule has 0 unspecified atom stereocenters. The van der Waals surface area contributed by atoms with Crippen molar-refractivity contribution in [2.45, 2.75) is 20.8 Å². The summed E-state index contributed by atoms with van der Waals surface area (Å²) in [5.41, 5.74) is 2.26. The van der Waals surface area contributed by atoms with Crippen LogP contribution in [0.15, 0.2) is 44.5 Å². The highest BCUT2D eigenvalue weighted by Crippen LogP contribution is 2.24. The molecule has 0 fully saturated rings. The van der Waals surface area contributed by atoms with E-state index >= 15 is 0 Å². The minimum Gasteiger partial charge on any atom is -0.422 e. The van der Waals surface area contributed by atoms with Gasteiger partial charge in [0, 0.05) is 10.3 Å². The molecule has 0 aliphatic carbocycles. The first-order valence-electron chi connectivity index (χ1n) is 6.57. The number of nitrogens with zero attached hydrogens (tertiary/aromatic N) is 2. The fraction of sp³-hybridized carbons (Fsp3) is 0.188. The molecular formula is C16H14N2O2S. The lowest BCUT2D eigenvalue weighted by Crippen LogP contribution is -2.11. The Labute approximate surface area is 125 Å². The maximum Gasteiger partial charge on any atom is 0.345 e. The van der Waals surface area contributed by atoms with Crippen LogP contribution < -0.4 is 5.63 Å². The maximum absolute atomic E-state index is 12.1. The van der Waals surface area contributed by atoms with Crippen molar-refractivity contribution in [1.82, 2.24) is 4.98 Å². The van der Waals surface area contributed by atoms with Crippen LogP contribution in [-0.2, 0) is 0 Å². The van der Waals surface area contributed by atoms with Gasteiger partial charge in [0.05, 0.1) is 17.0 Å². The van der Waals surface area contributed by atoms with Crippen molar-refractivity contribution in [3.63, 3.8) is 0 Å². The summed E-state index contributed by atoms with van der Waals surface area (Å²) in [6.07, 6.45) is 0. The van der Waals surface area contributed by atoms with Crippen molar-refractivity contribution in [3.8, 4) is 0 Å². The van der Waals surface area contributed by atoms with E-state index in [4.69, 9.17) is 4.42 Å². The van der Waals surface area contributed by atoms with Gasteiger partial charge in [0.2, 0.25) is 5.13 Å². The molecule has 5 heteroatoms. The summed E-state index contributed by atoms with van der Waals surface area (Å²) < 4.78 is 5.33. The lowest BCUT2D eigenvalue weighted by molar-refractivity contribution is 0.559. The predicted octanol–water partition coefficient (Wildman–Crippen LogP) is 4.01. The first kappa shape index (κ1) is 13.7. The monoisotopic (exact) mass is 298 g/mol. The van der Waals surface area contributed by atoms with E-state index in [0.29, 0.717) is 22.0 Å². The number of benzene rings is 1. The molecule has 2 aromatic heterocycles.